The molecule has 0 amide bonds. The first-order valence-electron chi connectivity index (χ1n) is 10.1. The number of nitrogens with zero attached hydrogens (tertiary/aromatic N) is 5. The molecule has 1 fully saturated rings. The molecule has 0 bridgehead atoms. The van der Waals surface area contributed by atoms with Gasteiger partial charge in [0.1, 0.15) is 10.7 Å². The highest BCUT2D eigenvalue weighted by atomic mass is 32.2. The van der Waals surface area contributed by atoms with E-state index in [2.05, 4.69) is 15.4 Å². The molecule has 0 aliphatic carbocycles. The third kappa shape index (κ3) is 4.12. The molecular weight excluding hydrogens is 420 g/mol. The Bertz CT molecular complexity index is 1140. The molecule has 0 unspecified atom stereocenters. The number of rotatable bonds is 7. The minimum Gasteiger partial charge on any atom is -0.316 e. The maximum Gasteiger partial charge on any atom is 0.247 e. The SMILES string of the molecule is CCCn1cc(S(=O)(=O)N2CCC[C@H]2c2cccc(Nc3ncc(C)s3)n2)c(C)n1. The van der Waals surface area contributed by atoms with Crippen LogP contribution in [0, 0.1) is 13.8 Å². The highest BCUT2D eigenvalue weighted by Gasteiger charge is 2.38. The highest BCUT2D eigenvalue weighted by molar-refractivity contribution is 7.89. The van der Waals surface area contributed by atoms with E-state index in [0.29, 0.717) is 24.6 Å². The Balaban J connectivity index is 1.61. The summed E-state index contributed by atoms with van der Waals surface area (Å²) in [4.78, 5) is 10.4. The third-order valence-corrected chi connectivity index (χ3v) is 7.95. The zero-order chi connectivity index (χ0) is 21.3. The van der Waals surface area contributed by atoms with Crippen molar-refractivity contribution in [3.8, 4) is 0 Å². The zero-order valence-corrected chi connectivity index (χ0v) is 19.0. The number of aromatic nitrogens is 4. The van der Waals surface area contributed by atoms with Crippen molar-refractivity contribution in [3.05, 3.63) is 46.9 Å². The minimum absolute atomic E-state index is 0.287. The van der Waals surface area contributed by atoms with Crippen LogP contribution in [0.2, 0.25) is 0 Å². The Morgan fingerprint density at radius 1 is 1.30 bits per heavy atom. The summed E-state index contributed by atoms with van der Waals surface area (Å²) < 4.78 is 30.2. The van der Waals surface area contributed by atoms with E-state index in [0.717, 1.165) is 35.0 Å². The van der Waals surface area contributed by atoms with Crippen LogP contribution in [0.4, 0.5) is 10.9 Å². The predicted molar refractivity (Wildman–Crippen MR) is 117 cm³/mol. The summed E-state index contributed by atoms with van der Waals surface area (Å²) >= 11 is 1.55. The monoisotopic (exact) mass is 446 g/mol. The van der Waals surface area contributed by atoms with Gasteiger partial charge in [0, 0.05) is 30.4 Å². The Morgan fingerprint density at radius 3 is 2.87 bits per heavy atom. The third-order valence-electron chi connectivity index (χ3n) is 5.11. The van der Waals surface area contributed by atoms with Crippen molar-refractivity contribution in [1.82, 2.24) is 24.1 Å². The van der Waals surface area contributed by atoms with Crippen molar-refractivity contribution >= 4 is 32.3 Å². The number of sulfonamides is 1. The first-order chi connectivity index (χ1) is 14.4. The van der Waals surface area contributed by atoms with Crippen LogP contribution in [0.3, 0.4) is 0 Å². The molecule has 4 heterocycles. The molecule has 160 valence electrons. The van der Waals surface area contributed by atoms with Crippen LogP contribution < -0.4 is 5.32 Å². The number of thiazole rings is 1. The lowest BCUT2D eigenvalue weighted by Crippen LogP contribution is -2.31. The van der Waals surface area contributed by atoms with E-state index in [9.17, 15) is 8.42 Å². The predicted octanol–water partition coefficient (Wildman–Crippen LogP) is 4.03. The average Bonchev–Trinajstić information content (AvgIpc) is 3.43. The number of pyridine rings is 1. The number of hydrogen-bond acceptors (Lipinski definition) is 7. The van der Waals surface area contributed by atoms with Crippen molar-refractivity contribution < 1.29 is 8.42 Å². The molecule has 30 heavy (non-hydrogen) atoms. The molecule has 1 aliphatic heterocycles. The highest BCUT2D eigenvalue weighted by Crippen LogP contribution is 2.37. The lowest BCUT2D eigenvalue weighted by Gasteiger charge is -2.23. The lowest BCUT2D eigenvalue weighted by atomic mass is 10.1. The molecule has 1 saturated heterocycles. The van der Waals surface area contributed by atoms with Gasteiger partial charge < -0.3 is 5.32 Å². The zero-order valence-electron chi connectivity index (χ0n) is 17.4. The summed E-state index contributed by atoms with van der Waals surface area (Å²) in [5, 5.41) is 8.36. The summed E-state index contributed by atoms with van der Waals surface area (Å²) in [5.74, 6) is 0.665. The Kier molecular flexibility index (Phi) is 5.90. The first kappa shape index (κ1) is 21.0. The van der Waals surface area contributed by atoms with Gasteiger partial charge in [0.25, 0.3) is 0 Å². The Labute approximate surface area is 181 Å². The summed E-state index contributed by atoms with van der Waals surface area (Å²) in [7, 11) is -3.65. The van der Waals surface area contributed by atoms with E-state index in [4.69, 9.17) is 4.98 Å². The fourth-order valence-corrected chi connectivity index (χ4v) is 6.29. The fourth-order valence-electron chi connectivity index (χ4n) is 3.77. The van der Waals surface area contributed by atoms with Gasteiger partial charge in [-0.1, -0.05) is 13.0 Å². The molecule has 1 aliphatic rings. The van der Waals surface area contributed by atoms with Gasteiger partial charge in [-0.05, 0) is 45.2 Å². The van der Waals surface area contributed by atoms with Crippen LogP contribution in [0.5, 0.6) is 0 Å². The Hall–Kier alpha value is -2.30. The molecule has 1 N–H and O–H groups in total. The van der Waals surface area contributed by atoms with E-state index in [-0.39, 0.29) is 10.9 Å². The van der Waals surface area contributed by atoms with Crippen LogP contribution in [-0.4, -0.2) is 39.0 Å². The topological polar surface area (TPSA) is 93.0 Å². The second kappa shape index (κ2) is 8.44. The van der Waals surface area contributed by atoms with Crippen molar-refractivity contribution in [2.24, 2.45) is 0 Å². The van der Waals surface area contributed by atoms with Gasteiger partial charge in [-0.3, -0.25) is 4.68 Å². The maximum atomic E-state index is 13.5. The van der Waals surface area contributed by atoms with Crippen molar-refractivity contribution in [3.63, 3.8) is 0 Å². The molecular formula is C20H26N6O2S2. The van der Waals surface area contributed by atoms with Crippen molar-refractivity contribution in [2.45, 2.75) is 57.5 Å². The first-order valence-corrected chi connectivity index (χ1v) is 12.4. The Morgan fingerprint density at radius 2 is 2.13 bits per heavy atom. The molecule has 0 radical (unpaired) electrons. The molecule has 3 aromatic rings. The van der Waals surface area contributed by atoms with Gasteiger partial charge in [-0.2, -0.15) is 9.40 Å². The normalized spacial score (nSPS) is 17.5. The van der Waals surface area contributed by atoms with E-state index in [1.54, 1.807) is 33.4 Å². The van der Waals surface area contributed by atoms with Crippen molar-refractivity contribution in [2.75, 3.05) is 11.9 Å². The van der Waals surface area contributed by atoms with Gasteiger partial charge in [-0.25, -0.2) is 18.4 Å². The van der Waals surface area contributed by atoms with Gasteiger partial charge in [0.2, 0.25) is 10.0 Å². The molecule has 8 nitrogen and oxygen atoms in total. The molecule has 4 rings (SSSR count). The van der Waals surface area contributed by atoms with Crippen LogP contribution in [0.25, 0.3) is 0 Å². The van der Waals surface area contributed by atoms with Gasteiger partial charge in [0.05, 0.1) is 17.4 Å². The van der Waals surface area contributed by atoms with Gasteiger partial charge >= 0.3 is 0 Å². The average molecular weight is 447 g/mol. The number of nitrogens with one attached hydrogen (secondary N) is 1. The maximum absolute atomic E-state index is 13.5. The van der Waals surface area contributed by atoms with Crippen LogP contribution in [-0.2, 0) is 16.6 Å². The number of hydrogen-bond donors (Lipinski definition) is 1. The lowest BCUT2D eigenvalue weighted by molar-refractivity contribution is 0.390. The molecule has 0 saturated carbocycles. The largest absolute Gasteiger partial charge is 0.316 e. The van der Waals surface area contributed by atoms with E-state index in [1.807, 2.05) is 38.2 Å². The van der Waals surface area contributed by atoms with Crippen molar-refractivity contribution in [1.29, 1.82) is 0 Å². The number of aryl methyl sites for hydroxylation is 3. The fraction of sp³-hybridized carbons (Fsp3) is 0.450. The number of anilines is 2. The summed E-state index contributed by atoms with van der Waals surface area (Å²) in [6.45, 7) is 6.98. The second-order valence-electron chi connectivity index (χ2n) is 7.46. The molecule has 1 atom stereocenters. The van der Waals surface area contributed by atoms with Crippen LogP contribution >= 0.6 is 11.3 Å². The summed E-state index contributed by atoms with van der Waals surface area (Å²) in [6, 6.07) is 5.37. The summed E-state index contributed by atoms with van der Waals surface area (Å²) in [6.07, 6.45) is 5.91. The smallest absolute Gasteiger partial charge is 0.247 e. The second-order valence-corrected chi connectivity index (χ2v) is 10.6. The van der Waals surface area contributed by atoms with Gasteiger partial charge in [0.15, 0.2) is 5.13 Å². The van der Waals surface area contributed by atoms with Crippen LogP contribution in [0.1, 0.15) is 48.5 Å². The molecule has 10 heteroatoms. The molecule has 3 aromatic heterocycles. The molecule has 0 aromatic carbocycles. The van der Waals surface area contributed by atoms with E-state index >= 15 is 0 Å². The summed E-state index contributed by atoms with van der Waals surface area (Å²) in [5.41, 5.74) is 1.28. The minimum atomic E-state index is -3.65. The molecule has 0 spiro atoms. The van der Waals surface area contributed by atoms with E-state index in [1.165, 1.54) is 0 Å². The van der Waals surface area contributed by atoms with Gasteiger partial charge in [-0.15, -0.1) is 11.3 Å². The van der Waals surface area contributed by atoms with E-state index < -0.39 is 10.0 Å². The quantitative estimate of drug-likeness (QED) is 0.589. The standard InChI is InChI=1S/C20H26N6O2S2/c1-4-10-25-13-18(15(3)24-25)30(27,28)26-11-6-8-17(26)16-7-5-9-19(22-16)23-20-21-12-14(2)29-20/h5,7,9,12-13,17H,4,6,8,10-11H2,1-3H3,(H,21,22,23)/t17-/m0/s1. The van der Waals surface area contributed by atoms with Crippen LogP contribution in [0.15, 0.2) is 35.5 Å².